The highest BCUT2D eigenvalue weighted by Gasteiger charge is 2.01. The van der Waals surface area contributed by atoms with Crippen LogP contribution in [-0.4, -0.2) is 17.4 Å². The lowest BCUT2D eigenvalue weighted by Crippen LogP contribution is -2.16. The molecule has 0 saturated carbocycles. The third-order valence-corrected chi connectivity index (χ3v) is 3.06. The fourth-order valence-corrected chi connectivity index (χ4v) is 2.08. The van der Waals surface area contributed by atoms with Crippen molar-refractivity contribution in [3.8, 4) is 0 Å². The Hall–Kier alpha value is -1.94. The van der Waals surface area contributed by atoms with Gasteiger partial charge in [-0.1, -0.05) is 24.3 Å². The molecule has 0 radical (unpaired) electrons. The molecule has 1 amide bonds. The predicted octanol–water partition coefficient (Wildman–Crippen LogP) is 1.98. The average Bonchev–Trinajstić information content (AvgIpc) is 2.42. The van der Waals surface area contributed by atoms with Gasteiger partial charge in [-0.25, -0.2) is 0 Å². The molecule has 2 rings (SSSR count). The number of amides is 1. The summed E-state index contributed by atoms with van der Waals surface area (Å²) in [5.74, 6) is -0.224. The van der Waals surface area contributed by atoms with Gasteiger partial charge in [-0.05, 0) is 31.0 Å². The van der Waals surface area contributed by atoms with Crippen molar-refractivity contribution in [1.82, 2.24) is 10.3 Å². The molecular formula is C15H19N3O. The third-order valence-electron chi connectivity index (χ3n) is 3.06. The number of aromatic nitrogens is 1. The Kier molecular flexibility index (Phi) is 4.86. The van der Waals surface area contributed by atoms with Crippen molar-refractivity contribution in [2.45, 2.75) is 25.8 Å². The summed E-state index contributed by atoms with van der Waals surface area (Å²) in [6.45, 7) is 1.68. The van der Waals surface area contributed by atoms with E-state index in [2.05, 4.69) is 28.5 Å². The van der Waals surface area contributed by atoms with Crippen LogP contribution in [0.25, 0.3) is 10.9 Å². The van der Waals surface area contributed by atoms with Crippen LogP contribution in [0.5, 0.6) is 0 Å². The molecule has 0 bridgehead atoms. The van der Waals surface area contributed by atoms with Crippen LogP contribution in [0.15, 0.2) is 36.5 Å². The van der Waals surface area contributed by atoms with Crippen LogP contribution >= 0.6 is 0 Å². The first-order valence-corrected chi connectivity index (χ1v) is 6.59. The number of benzene rings is 1. The van der Waals surface area contributed by atoms with Gasteiger partial charge >= 0.3 is 0 Å². The molecule has 19 heavy (non-hydrogen) atoms. The topological polar surface area (TPSA) is 68.0 Å². The summed E-state index contributed by atoms with van der Waals surface area (Å²) in [6.07, 6.45) is 4.09. The Labute approximate surface area is 113 Å². The fraction of sp³-hybridized carbons (Fsp3) is 0.333. The molecule has 0 saturated heterocycles. The quantitative estimate of drug-likeness (QED) is 0.745. The van der Waals surface area contributed by atoms with Crippen molar-refractivity contribution < 1.29 is 4.79 Å². The maximum atomic E-state index is 10.6. The molecule has 100 valence electrons. The minimum absolute atomic E-state index is 0.224. The zero-order valence-corrected chi connectivity index (χ0v) is 10.9. The number of unbranched alkanes of at least 4 members (excludes halogenated alkanes) is 1. The maximum absolute atomic E-state index is 10.6. The molecular weight excluding hydrogens is 238 g/mol. The van der Waals surface area contributed by atoms with Crippen molar-refractivity contribution in [3.63, 3.8) is 0 Å². The van der Waals surface area contributed by atoms with E-state index in [9.17, 15) is 4.79 Å². The second-order valence-electron chi connectivity index (χ2n) is 4.59. The van der Waals surface area contributed by atoms with Crippen molar-refractivity contribution in [2.24, 2.45) is 5.73 Å². The number of fused-ring (bicyclic) bond motifs is 1. The smallest absolute Gasteiger partial charge is 0.217 e. The van der Waals surface area contributed by atoms with E-state index in [0.717, 1.165) is 36.8 Å². The van der Waals surface area contributed by atoms with Gasteiger partial charge in [0, 0.05) is 24.5 Å². The monoisotopic (exact) mass is 257 g/mol. The highest BCUT2D eigenvalue weighted by atomic mass is 16.1. The van der Waals surface area contributed by atoms with E-state index in [1.807, 2.05) is 18.3 Å². The first-order chi connectivity index (χ1) is 9.27. The van der Waals surface area contributed by atoms with Gasteiger partial charge in [0.2, 0.25) is 5.91 Å². The van der Waals surface area contributed by atoms with Crippen molar-refractivity contribution in [1.29, 1.82) is 0 Å². The molecule has 4 heteroatoms. The van der Waals surface area contributed by atoms with E-state index >= 15 is 0 Å². The standard InChI is InChI=1S/C15H19N3O/c16-14(19)8-1-2-9-17-11-13-6-3-5-12-7-4-10-18-15(12)13/h3-7,10,17H,1-2,8-9,11H2,(H2,16,19). The number of nitrogens with zero attached hydrogens (tertiary/aromatic N) is 1. The number of primary amides is 1. The van der Waals surface area contributed by atoms with Crippen molar-refractivity contribution >= 4 is 16.8 Å². The molecule has 4 nitrogen and oxygen atoms in total. The van der Waals surface area contributed by atoms with Gasteiger partial charge in [0.25, 0.3) is 0 Å². The molecule has 0 fully saturated rings. The van der Waals surface area contributed by atoms with Crippen molar-refractivity contribution in [3.05, 3.63) is 42.1 Å². The number of pyridine rings is 1. The van der Waals surface area contributed by atoms with Crippen molar-refractivity contribution in [2.75, 3.05) is 6.54 Å². The number of carbonyl (C=O) groups excluding carboxylic acids is 1. The van der Waals surface area contributed by atoms with Gasteiger partial charge in [0.1, 0.15) is 0 Å². The molecule has 0 aliphatic carbocycles. The molecule has 1 heterocycles. The summed E-state index contributed by atoms with van der Waals surface area (Å²) in [5.41, 5.74) is 7.35. The third kappa shape index (κ3) is 4.03. The summed E-state index contributed by atoms with van der Waals surface area (Å²) >= 11 is 0. The van der Waals surface area contributed by atoms with Crippen LogP contribution < -0.4 is 11.1 Å². The van der Waals surface area contributed by atoms with Gasteiger partial charge in [-0.3, -0.25) is 9.78 Å². The second-order valence-corrected chi connectivity index (χ2v) is 4.59. The summed E-state index contributed by atoms with van der Waals surface area (Å²) in [4.78, 5) is 15.0. The second kappa shape index (κ2) is 6.85. The lowest BCUT2D eigenvalue weighted by Gasteiger charge is -2.07. The number of hydrogen-bond donors (Lipinski definition) is 2. The van der Waals surface area contributed by atoms with Gasteiger partial charge in [0.05, 0.1) is 5.52 Å². The van der Waals surface area contributed by atoms with Crippen LogP contribution in [0.1, 0.15) is 24.8 Å². The largest absolute Gasteiger partial charge is 0.370 e. The fourth-order valence-electron chi connectivity index (χ4n) is 2.08. The lowest BCUT2D eigenvalue weighted by molar-refractivity contribution is -0.118. The highest BCUT2D eigenvalue weighted by molar-refractivity contribution is 5.81. The Morgan fingerprint density at radius 2 is 2.05 bits per heavy atom. The lowest BCUT2D eigenvalue weighted by atomic mass is 10.1. The number of rotatable bonds is 7. The maximum Gasteiger partial charge on any atom is 0.217 e. The number of nitrogens with two attached hydrogens (primary N) is 1. The summed E-state index contributed by atoms with van der Waals surface area (Å²) in [7, 11) is 0. The molecule has 2 aromatic rings. The molecule has 0 aliphatic rings. The minimum atomic E-state index is -0.224. The van der Waals surface area contributed by atoms with Gasteiger partial charge in [-0.15, -0.1) is 0 Å². The molecule has 0 aliphatic heterocycles. The van der Waals surface area contributed by atoms with Crippen LogP contribution in [0.4, 0.5) is 0 Å². The molecule has 0 atom stereocenters. The molecule has 1 aromatic carbocycles. The average molecular weight is 257 g/mol. The predicted molar refractivity (Wildman–Crippen MR) is 76.5 cm³/mol. The summed E-state index contributed by atoms with van der Waals surface area (Å²) in [6, 6.07) is 10.2. The number of nitrogens with one attached hydrogen (secondary N) is 1. The number of hydrogen-bond acceptors (Lipinski definition) is 3. The van der Waals surface area contributed by atoms with E-state index in [0.29, 0.717) is 6.42 Å². The summed E-state index contributed by atoms with van der Waals surface area (Å²) < 4.78 is 0. The van der Waals surface area contributed by atoms with Gasteiger partial charge < -0.3 is 11.1 Å². The molecule has 0 unspecified atom stereocenters. The van der Waals surface area contributed by atoms with E-state index in [1.165, 1.54) is 5.56 Å². The van der Waals surface area contributed by atoms with Crippen LogP contribution in [-0.2, 0) is 11.3 Å². The zero-order valence-electron chi connectivity index (χ0n) is 10.9. The Bertz CT molecular complexity index is 549. The van der Waals surface area contributed by atoms with Crippen LogP contribution in [0.3, 0.4) is 0 Å². The normalized spacial score (nSPS) is 10.7. The minimum Gasteiger partial charge on any atom is -0.370 e. The van der Waals surface area contributed by atoms with E-state index in [-0.39, 0.29) is 5.91 Å². The SMILES string of the molecule is NC(=O)CCCCNCc1cccc2cccnc12. The first kappa shape index (κ1) is 13.5. The summed E-state index contributed by atoms with van der Waals surface area (Å²) in [5, 5.41) is 4.54. The molecule has 0 spiro atoms. The Morgan fingerprint density at radius 3 is 2.89 bits per heavy atom. The first-order valence-electron chi connectivity index (χ1n) is 6.59. The number of para-hydroxylation sites is 1. The van der Waals surface area contributed by atoms with Crippen LogP contribution in [0.2, 0.25) is 0 Å². The Morgan fingerprint density at radius 1 is 1.21 bits per heavy atom. The van der Waals surface area contributed by atoms with E-state index < -0.39 is 0 Å². The van der Waals surface area contributed by atoms with Gasteiger partial charge in [0.15, 0.2) is 0 Å². The molecule has 1 aromatic heterocycles. The zero-order chi connectivity index (χ0) is 13.5. The molecule has 3 N–H and O–H groups in total. The van der Waals surface area contributed by atoms with Gasteiger partial charge in [-0.2, -0.15) is 0 Å². The Balaban J connectivity index is 1.83. The number of carbonyl (C=O) groups is 1. The van der Waals surface area contributed by atoms with Crippen LogP contribution in [0, 0.1) is 0 Å². The van der Waals surface area contributed by atoms with E-state index in [4.69, 9.17) is 5.73 Å². The highest BCUT2D eigenvalue weighted by Crippen LogP contribution is 2.15. The van der Waals surface area contributed by atoms with E-state index in [1.54, 1.807) is 0 Å².